The van der Waals surface area contributed by atoms with E-state index in [1.807, 2.05) is 0 Å². The van der Waals surface area contributed by atoms with Crippen LogP contribution >= 0.6 is 0 Å². The first kappa shape index (κ1) is 17.9. The molecule has 142 valence electrons. The summed E-state index contributed by atoms with van der Waals surface area (Å²) in [4.78, 5) is 11.9. The fourth-order valence-corrected chi connectivity index (χ4v) is 8.39. The molecule has 8 atom stereocenters. The average Bonchev–Trinajstić information content (AvgIpc) is 2.92. The molecule has 0 aromatic rings. The Morgan fingerprint density at radius 3 is 2.56 bits per heavy atom. The Morgan fingerprint density at radius 1 is 1.04 bits per heavy atom. The predicted octanol–water partition coefficient (Wildman–Crippen LogP) is 5.99. The maximum Gasteiger partial charge on any atom is 0.302 e. The molecule has 2 heteroatoms. The number of ether oxygens (including phenoxy) is 1. The van der Waals surface area contributed by atoms with E-state index < -0.39 is 0 Å². The van der Waals surface area contributed by atoms with Crippen molar-refractivity contribution in [2.24, 2.45) is 40.4 Å². The first-order valence-corrected chi connectivity index (χ1v) is 11.1. The van der Waals surface area contributed by atoms with E-state index in [2.05, 4.69) is 20.8 Å². The van der Waals surface area contributed by atoms with Crippen molar-refractivity contribution >= 4 is 5.97 Å². The minimum Gasteiger partial charge on any atom is -0.462 e. The summed E-state index contributed by atoms with van der Waals surface area (Å²) in [6.45, 7) is 9.05. The molecule has 0 spiro atoms. The van der Waals surface area contributed by atoms with Gasteiger partial charge in [-0.15, -0.1) is 0 Å². The highest BCUT2D eigenvalue weighted by molar-refractivity contribution is 5.66. The second-order valence-corrected chi connectivity index (χ2v) is 10.3. The summed E-state index contributed by atoms with van der Waals surface area (Å²) in [5.74, 6) is 4.04. The number of hydrogen-bond acceptors (Lipinski definition) is 2. The zero-order valence-electron chi connectivity index (χ0n) is 16.9. The summed E-state index contributed by atoms with van der Waals surface area (Å²) in [6.07, 6.45) is 13.8. The van der Waals surface area contributed by atoms with E-state index in [4.69, 9.17) is 4.74 Å². The Morgan fingerprint density at radius 2 is 1.84 bits per heavy atom. The van der Waals surface area contributed by atoms with Crippen LogP contribution in [0.2, 0.25) is 0 Å². The van der Waals surface area contributed by atoms with Crippen LogP contribution in [0.4, 0.5) is 0 Å². The molecule has 25 heavy (non-hydrogen) atoms. The SMILES string of the molecule is CC[C@H]1CC[C@H]2[C@@H]3CCC4CCCC[C@]4(C)[C@H]3CC(OC(C)=O)[C@]12C. The molecule has 0 bridgehead atoms. The summed E-state index contributed by atoms with van der Waals surface area (Å²) in [7, 11) is 0. The van der Waals surface area contributed by atoms with Crippen LogP contribution in [-0.2, 0) is 9.53 Å². The van der Waals surface area contributed by atoms with Crippen molar-refractivity contribution in [3.8, 4) is 0 Å². The molecule has 0 radical (unpaired) electrons. The van der Waals surface area contributed by atoms with E-state index in [-0.39, 0.29) is 17.5 Å². The van der Waals surface area contributed by atoms with Gasteiger partial charge in [0.05, 0.1) is 0 Å². The van der Waals surface area contributed by atoms with Gasteiger partial charge in [-0.2, -0.15) is 0 Å². The van der Waals surface area contributed by atoms with Gasteiger partial charge in [0.25, 0.3) is 0 Å². The van der Waals surface area contributed by atoms with Crippen LogP contribution in [0.5, 0.6) is 0 Å². The second kappa shape index (κ2) is 6.27. The number of esters is 1. The Balaban J connectivity index is 1.70. The molecule has 0 amide bonds. The maximum absolute atomic E-state index is 11.9. The normalized spacial score (nSPS) is 52.0. The number of carbonyl (C=O) groups is 1. The van der Waals surface area contributed by atoms with Gasteiger partial charge in [-0.3, -0.25) is 4.79 Å². The van der Waals surface area contributed by atoms with Crippen LogP contribution in [0.3, 0.4) is 0 Å². The number of fused-ring (bicyclic) bond motifs is 5. The molecule has 2 unspecified atom stereocenters. The van der Waals surface area contributed by atoms with Crippen molar-refractivity contribution < 1.29 is 9.53 Å². The Kier molecular flexibility index (Phi) is 4.48. The van der Waals surface area contributed by atoms with Gasteiger partial charge in [0.2, 0.25) is 0 Å². The maximum atomic E-state index is 11.9. The summed E-state index contributed by atoms with van der Waals surface area (Å²) in [6, 6.07) is 0. The lowest BCUT2D eigenvalue weighted by atomic mass is 9.44. The van der Waals surface area contributed by atoms with E-state index in [0.29, 0.717) is 5.41 Å². The van der Waals surface area contributed by atoms with Gasteiger partial charge >= 0.3 is 5.97 Å². The van der Waals surface area contributed by atoms with E-state index >= 15 is 0 Å². The molecular formula is C23H38O2. The Bertz CT molecular complexity index is 528. The third-order valence-corrected chi connectivity index (χ3v) is 9.65. The van der Waals surface area contributed by atoms with E-state index in [1.54, 1.807) is 6.92 Å². The molecule has 0 aromatic heterocycles. The molecule has 4 saturated carbocycles. The lowest BCUT2D eigenvalue weighted by Gasteiger charge is -2.62. The number of carbonyl (C=O) groups excluding carboxylic acids is 1. The van der Waals surface area contributed by atoms with Crippen molar-refractivity contribution in [2.75, 3.05) is 0 Å². The summed E-state index contributed by atoms with van der Waals surface area (Å²) in [5.41, 5.74) is 0.727. The first-order valence-electron chi connectivity index (χ1n) is 11.1. The van der Waals surface area contributed by atoms with E-state index in [0.717, 1.165) is 36.0 Å². The monoisotopic (exact) mass is 346 g/mol. The molecule has 4 aliphatic carbocycles. The molecule has 4 aliphatic rings. The number of rotatable bonds is 2. The second-order valence-electron chi connectivity index (χ2n) is 10.3. The van der Waals surface area contributed by atoms with Gasteiger partial charge in [-0.05, 0) is 80.0 Å². The summed E-state index contributed by atoms with van der Waals surface area (Å²) < 4.78 is 6.07. The van der Waals surface area contributed by atoms with Gasteiger partial charge < -0.3 is 4.74 Å². The quantitative estimate of drug-likeness (QED) is 0.574. The molecule has 4 rings (SSSR count). The highest BCUT2D eigenvalue weighted by Crippen LogP contribution is 2.68. The van der Waals surface area contributed by atoms with Gasteiger partial charge in [0.1, 0.15) is 6.10 Å². The molecule has 0 N–H and O–H groups in total. The molecule has 0 aliphatic heterocycles. The predicted molar refractivity (Wildman–Crippen MR) is 101 cm³/mol. The molecule has 0 aromatic carbocycles. The lowest BCUT2D eigenvalue weighted by molar-refractivity contribution is -0.190. The van der Waals surface area contributed by atoms with Gasteiger partial charge in [0, 0.05) is 12.3 Å². The van der Waals surface area contributed by atoms with Gasteiger partial charge in [-0.1, -0.05) is 40.0 Å². The molecular weight excluding hydrogens is 308 g/mol. The van der Waals surface area contributed by atoms with E-state index in [1.165, 1.54) is 57.8 Å². The smallest absolute Gasteiger partial charge is 0.302 e. The third kappa shape index (κ3) is 2.52. The molecule has 0 heterocycles. The third-order valence-electron chi connectivity index (χ3n) is 9.65. The van der Waals surface area contributed by atoms with Crippen LogP contribution in [0, 0.1) is 40.4 Å². The highest BCUT2D eigenvalue weighted by atomic mass is 16.5. The Labute approximate surface area is 154 Å². The Hall–Kier alpha value is -0.530. The van der Waals surface area contributed by atoms with Crippen LogP contribution in [0.1, 0.15) is 91.9 Å². The minimum atomic E-state index is -0.0636. The van der Waals surface area contributed by atoms with Crippen molar-refractivity contribution in [2.45, 2.75) is 98.0 Å². The van der Waals surface area contributed by atoms with Gasteiger partial charge in [0.15, 0.2) is 0 Å². The van der Waals surface area contributed by atoms with Crippen LogP contribution in [0.15, 0.2) is 0 Å². The van der Waals surface area contributed by atoms with Crippen LogP contribution < -0.4 is 0 Å². The average molecular weight is 347 g/mol. The van der Waals surface area contributed by atoms with E-state index in [9.17, 15) is 4.79 Å². The zero-order chi connectivity index (χ0) is 17.8. The molecule has 4 fully saturated rings. The lowest BCUT2D eigenvalue weighted by Crippen LogP contribution is -2.58. The molecule has 2 nitrogen and oxygen atoms in total. The fourth-order valence-electron chi connectivity index (χ4n) is 8.39. The number of hydrogen-bond donors (Lipinski definition) is 0. The highest BCUT2D eigenvalue weighted by Gasteiger charge is 2.63. The first-order chi connectivity index (χ1) is 11.9. The zero-order valence-corrected chi connectivity index (χ0v) is 16.9. The van der Waals surface area contributed by atoms with Crippen molar-refractivity contribution in [1.82, 2.24) is 0 Å². The van der Waals surface area contributed by atoms with Crippen molar-refractivity contribution in [3.05, 3.63) is 0 Å². The minimum absolute atomic E-state index is 0.0636. The largest absolute Gasteiger partial charge is 0.462 e. The molecule has 0 saturated heterocycles. The summed E-state index contributed by atoms with van der Waals surface area (Å²) in [5, 5.41) is 0. The van der Waals surface area contributed by atoms with Crippen molar-refractivity contribution in [3.63, 3.8) is 0 Å². The van der Waals surface area contributed by atoms with Gasteiger partial charge in [-0.25, -0.2) is 0 Å². The van der Waals surface area contributed by atoms with Crippen molar-refractivity contribution in [1.29, 1.82) is 0 Å². The topological polar surface area (TPSA) is 26.3 Å². The fraction of sp³-hybridized carbons (Fsp3) is 0.957. The summed E-state index contributed by atoms with van der Waals surface area (Å²) >= 11 is 0. The van der Waals surface area contributed by atoms with Crippen LogP contribution in [-0.4, -0.2) is 12.1 Å². The standard InChI is InChI=1S/C23H38O2/c1-5-16-10-12-19-18-11-9-17-8-6-7-13-22(17,3)20(18)14-21(23(16,19)4)25-15(2)24/h16-21H,5-14H2,1-4H3/t16-,17?,18-,19-,20-,21?,22-,23+/m0/s1. The van der Waals surface area contributed by atoms with Crippen LogP contribution in [0.25, 0.3) is 0 Å².